The lowest BCUT2D eigenvalue weighted by atomic mass is 10.2. The second-order valence-corrected chi connectivity index (χ2v) is 2.99. The van der Waals surface area contributed by atoms with E-state index in [1.807, 2.05) is 18.2 Å². The van der Waals surface area contributed by atoms with E-state index in [9.17, 15) is 0 Å². The van der Waals surface area contributed by atoms with Crippen LogP contribution in [0.2, 0.25) is 0 Å². The molecule has 1 rings (SSSR count). The summed E-state index contributed by atoms with van der Waals surface area (Å²) in [7, 11) is 0. The quantitative estimate of drug-likeness (QED) is 0.576. The zero-order chi connectivity index (χ0) is 7.56. The van der Waals surface area contributed by atoms with Gasteiger partial charge in [0, 0.05) is 15.5 Å². The van der Waals surface area contributed by atoms with Crippen LogP contribution in [-0.2, 0) is 0 Å². The summed E-state index contributed by atoms with van der Waals surface area (Å²) in [6.45, 7) is 0. The van der Waals surface area contributed by atoms with Gasteiger partial charge in [-0.2, -0.15) is 0 Å². The second kappa shape index (κ2) is 3.12. The third-order valence-electron chi connectivity index (χ3n) is 1.16. The third kappa shape index (κ3) is 1.55. The summed E-state index contributed by atoms with van der Waals surface area (Å²) in [5.41, 5.74) is 7.28. The lowest BCUT2D eigenvalue weighted by Gasteiger charge is -1.97. The molecule has 0 aliphatic heterocycles. The van der Waals surface area contributed by atoms with Crippen LogP contribution in [0.15, 0.2) is 22.7 Å². The number of halogens is 1. The number of nitrogens with two attached hydrogens (primary N) is 1. The SMILES string of the molecule is Nc1ccc(C=S)cc1Br. The summed E-state index contributed by atoms with van der Waals surface area (Å²) in [6, 6.07) is 5.59. The molecule has 0 saturated heterocycles. The summed E-state index contributed by atoms with van der Waals surface area (Å²) >= 11 is 8.03. The van der Waals surface area contributed by atoms with Crippen LogP contribution in [0.25, 0.3) is 0 Å². The fourth-order valence-electron chi connectivity index (χ4n) is 0.617. The Hall–Kier alpha value is -0.410. The van der Waals surface area contributed by atoms with E-state index in [4.69, 9.17) is 18.0 Å². The van der Waals surface area contributed by atoms with Crippen LogP contribution in [-0.4, -0.2) is 5.37 Å². The maximum atomic E-state index is 5.55. The van der Waals surface area contributed by atoms with Crippen molar-refractivity contribution < 1.29 is 0 Å². The van der Waals surface area contributed by atoms with Gasteiger partial charge in [-0.05, 0) is 33.6 Å². The normalized spacial score (nSPS) is 9.30. The predicted molar refractivity (Wildman–Crippen MR) is 51.3 cm³/mol. The Morgan fingerprint density at radius 3 is 2.70 bits per heavy atom. The number of hydrogen-bond acceptors (Lipinski definition) is 2. The molecular weight excluding hydrogens is 210 g/mol. The number of thiocarbonyl (C=S) groups is 1. The summed E-state index contributed by atoms with van der Waals surface area (Å²) in [4.78, 5) is 0. The van der Waals surface area contributed by atoms with E-state index in [-0.39, 0.29) is 0 Å². The van der Waals surface area contributed by atoms with Gasteiger partial charge in [0.2, 0.25) is 0 Å². The largest absolute Gasteiger partial charge is 0.398 e. The molecule has 52 valence electrons. The minimum atomic E-state index is 0.737. The lowest BCUT2D eigenvalue weighted by Crippen LogP contribution is -1.87. The zero-order valence-electron chi connectivity index (χ0n) is 5.17. The topological polar surface area (TPSA) is 26.0 Å². The number of benzene rings is 1. The molecule has 0 spiro atoms. The van der Waals surface area contributed by atoms with Crippen LogP contribution in [0.3, 0.4) is 0 Å². The van der Waals surface area contributed by atoms with Crippen LogP contribution in [0, 0.1) is 0 Å². The van der Waals surface area contributed by atoms with Crippen molar-refractivity contribution in [1.82, 2.24) is 0 Å². The zero-order valence-corrected chi connectivity index (χ0v) is 7.58. The van der Waals surface area contributed by atoms with Gasteiger partial charge < -0.3 is 5.73 Å². The highest BCUT2D eigenvalue weighted by atomic mass is 79.9. The Kier molecular flexibility index (Phi) is 2.40. The first-order chi connectivity index (χ1) is 4.74. The molecule has 0 atom stereocenters. The highest BCUT2D eigenvalue weighted by molar-refractivity contribution is 9.10. The molecule has 0 heterocycles. The van der Waals surface area contributed by atoms with Gasteiger partial charge >= 0.3 is 0 Å². The highest BCUT2D eigenvalue weighted by Crippen LogP contribution is 2.19. The molecule has 1 nitrogen and oxygen atoms in total. The van der Waals surface area contributed by atoms with Gasteiger partial charge in [-0.15, -0.1) is 0 Å². The Balaban J connectivity index is 3.16. The van der Waals surface area contributed by atoms with E-state index in [2.05, 4.69) is 15.9 Å². The van der Waals surface area contributed by atoms with E-state index >= 15 is 0 Å². The molecule has 1 aromatic carbocycles. The third-order valence-corrected chi connectivity index (χ3v) is 2.12. The van der Waals surface area contributed by atoms with Gasteiger partial charge in [-0.1, -0.05) is 18.3 Å². The monoisotopic (exact) mass is 215 g/mol. The van der Waals surface area contributed by atoms with Crippen molar-refractivity contribution in [2.75, 3.05) is 5.73 Å². The summed E-state index contributed by atoms with van der Waals surface area (Å²) in [5, 5.41) is 1.62. The average molecular weight is 216 g/mol. The molecule has 0 aliphatic rings. The van der Waals surface area contributed by atoms with Crippen LogP contribution >= 0.6 is 28.1 Å². The molecule has 0 bridgehead atoms. The second-order valence-electron chi connectivity index (χ2n) is 1.90. The molecule has 0 aliphatic carbocycles. The van der Waals surface area contributed by atoms with Crippen molar-refractivity contribution in [1.29, 1.82) is 0 Å². The Morgan fingerprint density at radius 2 is 2.20 bits per heavy atom. The van der Waals surface area contributed by atoms with Crippen molar-refractivity contribution in [2.24, 2.45) is 0 Å². The molecule has 3 heteroatoms. The smallest absolute Gasteiger partial charge is 0.0458 e. The van der Waals surface area contributed by atoms with E-state index in [1.54, 1.807) is 5.37 Å². The van der Waals surface area contributed by atoms with Gasteiger partial charge in [-0.3, -0.25) is 0 Å². The van der Waals surface area contributed by atoms with Crippen molar-refractivity contribution in [2.45, 2.75) is 0 Å². The van der Waals surface area contributed by atoms with Gasteiger partial charge in [0.05, 0.1) is 0 Å². The molecular formula is C7H6BrNS. The highest BCUT2D eigenvalue weighted by Gasteiger charge is 1.93. The number of nitrogen functional groups attached to an aromatic ring is 1. The minimum absolute atomic E-state index is 0.737. The first-order valence-corrected chi connectivity index (χ1v) is 4.00. The number of hydrogen-bond donors (Lipinski definition) is 1. The van der Waals surface area contributed by atoms with Crippen molar-refractivity contribution in [3.05, 3.63) is 28.2 Å². The summed E-state index contributed by atoms with van der Waals surface area (Å²) < 4.78 is 0.895. The molecule has 0 radical (unpaired) electrons. The lowest BCUT2D eigenvalue weighted by molar-refractivity contribution is 1.62. The molecule has 0 fully saturated rings. The number of rotatable bonds is 1. The Labute approximate surface area is 73.4 Å². The van der Waals surface area contributed by atoms with Gasteiger partial charge in [0.25, 0.3) is 0 Å². The van der Waals surface area contributed by atoms with E-state index in [1.165, 1.54) is 0 Å². The molecule has 10 heavy (non-hydrogen) atoms. The van der Waals surface area contributed by atoms with E-state index in [0.717, 1.165) is 15.7 Å². The molecule has 0 amide bonds. The van der Waals surface area contributed by atoms with Crippen molar-refractivity contribution >= 4 is 39.2 Å². The minimum Gasteiger partial charge on any atom is -0.398 e. The fourth-order valence-corrected chi connectivity index (χ4v) is 1.16. The van der Waals surface area contributed by atoms with Gasteiger partial charge in [0.1, 0.15) is 0 Å². The van der Waals surface area contributed by atoms with Crippen molar-refractivity contribution in [3.8, 4) is 0 Å². The first-order valence-electron chi connectivity index (χ1n) is 2.74. The molecule has 1 aromatic rings. The first kappa shape index (κ1) is 7.69. The average Bonchev–Trinajstić information content (AvgIpc) is 1.95. The maximum Gasteiger partial charge on any atom is 0.0458 e. The van der Waals surface area contributed by atoms with Crippen LogP contribution in [0.4, 0.5) is 5.69 Å². The predicted octanol–water partition coefficient (Wildman–Crippen LogP) is 2.38. The maximum absolute atomic E-state index is 5.55. The molecule has 0 aromatic heterocycles. The van der Waals surface area contributed by atoms with Crippen molar-refractivity contribution in [3.63, 3.8) is 0 Å². The van der Waals surface area contributed by atoms with Crippen LogP contribution in [0.1, 0.15) is 5.56 Å². The molecule has 0 saturated carbocycles. The van der Waals surface area contributed by atoms with E-state index < -0.39 is 0 Å². The molecule has 0 unspecified atom stereocenters. The van der Waals surface area contributed by atoms with E-state index in [0.29, 0.717) is 0 Å². The van der Waals surface area contributed by atoms with Gasteiger partial charge in [-0.25, -0.2) is 0 Å². The standard InChI is InChI=1S/C7H6BrNS/c8-6-3-5(4-10)1-2-7(6)9/h1-4H,9H2. The summed E-state index contributed by atoms with van der Waals surface area (Å²) in [5.74, 6) is 0. The van der Waals surface area contributed by atoms with Crippen LogP contribution < -0.4 is 5.73 Å². The Morgan fingerprint density at radius 1 is 1.50 bits per heavy atom. The number of anilines is 1. The van der Waals surface area contributed by atoms with Crippen LogP contribution in [0.5, 0.6) is 0 Å². The van der Waals surface area contributed by atoms with Gasteiger partial charge in [0.15, 0.2) is 0 Å². The molecule has 2 N–H and O–H groups in total. The Bertz CT molecular complexity index is 260. The fraction of sp³-hybridized carbons (Fsp3) is 0. The summed E-state index contributed by atoms with van der Waals surface area (Å²) in [6.07, 6.45) is 0.